The van der Waals surface area contributed by atoms with Crippen LogP contribution in [0.5, 0.6) is 0 Å². The highest BCUT2D eigenvalue weighted by Gasteiger charge is 2.30. The Bertz CT molecular complexity index is 1040. The minimum absolute atomic E-state index is 0.122. The van der Waals surface area contributed by atoms with Gasteiger partial charge in [-0.15, -0.1) is 0 Å². The van der Waals surface area contributed by atoms with Crippen LogP contribution in [0.1, 0.15) is 5.56 Å². The molecular weight excluding hydrogens is 476 g/mol. The van der Waals surface area contributed by atoms with Crippen molar-refractivity contribution in [3.63, 3.8) is 0 Å². The number of carbonyl (C=O) groups excluding carboxylic acids is 1. The summed E-state index contributed by atoms with van der Waals surface area (Å²) in [6.45, 7) is 1.21. The Labute approximate surface area is 183 Å². The van der Waals surface area contributed by atoms with Crippen LogP contribution in [-0.4, -0.2) is 61.3 Å². The predicted octanol–water partition coefficient (Wildman–Crippen LogP) is 2.62. The summed E-state index contributed by atoms with van der Waals surface area (Å²) in [5.74, 6) is 0. The van der Waals surface area contributed by atoms with E-state index in [-0.39, 0.29) is 42.8 Å². The second-order valence-electron chi connectivity index (χ2n) is 6.72. The van der Waals surface area contributed by atoms with Gasteiger partial charge >= 0.3 is 6.03 Å². The highest BCUT2D eigenvalue weighted by Crippen LogP contribution is 2.22. The number of rotatable bonds is 6. The fourth-order valence-electron chi connectivity index (χ4n) is 3.16. The maximum absolute atomic E-state index is 12.8. The number of nitro groups is 1. The van der Waals surface area contributed by atoms with Crippen molar-refractivity contribution in [2.75, 3.05) is 32.7 Å². The number of hydrogen-bond donors (Lipinski definition) is 1. The number of amides is 2. The SMILES string of the molecule is O=C(NCCc1ccccc1Br)N1CCN(S(=O)(=O)c2cccc([N+](=O)[O-])c2)CC1. The summed E-state index contributed by atoms with van der Waals surface area (Å²) in [5.41, 5.74) is 0.810. The highest BCUT2D eigenvalue weighted by atomic mass is 79.9. The summed E-state index contributed by atoms with van der Waals surface area (Å²) < 4.78 is 27.8. The Morgan fingerprint density at radius 1 is 1.10 bits per heavy atom. The monoisotopic (exact) mass is 496 g/mol. The molecule has 1 fully saturated rings. The number of nitrogens with one attached hydrogen (secondary N) is 1. The van der Waals surface area contributed by atoms with Gasteiger partial charge in [0.05, 0.1) is 9.82 Å². The van der Waals surface area contributed by atoms with E-state index in [1.54, 1.807) is 4.90 Å². The average Bonchev–Trinajstić information content (AvgIpc) is 2.75. The molecule has 0 aliphatic carbocycles. The molecule has 0 atom stereocenters. The number of non-ortho nitro benzene ring substituents is 1. The molecule has 0 aromatic heterocycles. The van der Waals surface area contributed by atoms with Gasteiger partial charge in [0.15, 0.2) is 0 Å². The number of nitrogens with zero attached hydrogens (tertiary/aromatic N) is 3. The van der Waals surface area contributed by atoms with Gasteiger partial charge < -0.3 is 10.2 Å². The molecule has 0 radical (unpaired) electrons. The molecule has 0 bridgehead atoms. The lowest BCUT2D eigenvalue weighted by molar-refractivity contribution is -0.385. The van der Waals surface area contributed by atoms with Crippen molar-refractivity contribution in [2.45, 2.75) is 11.3 Å². The third-order valence-corrected chi connectivity index (χ3v) is 7.49. The molecule has 0 saturated carbocycles. The molecule has 1 aliphatic rings. The average molecular weight is 497 g/mol. The number of urea groups is 1. The number of benzene rings is 2. The summed E-state index contributed by atoms with van der Waals surface area (Å²) in [6.07, 6.45) is 0.675. The summed E-state index contributed by atoms with van der Waals surface area (Å²) in [7, 11) is -3.86. The Morgan fingerprint density at radius 3 is 2.47 bits per heavy atom. The summed E-state index contributed by atoms with van der Waals surface area (Å²) in [6, 6.07) is 12.5. The lowest BCUT2D eigenvalue weighted by atomic mass is 10.1. The van der Waals surface area contributed by atoms with Crippen molar-refractivity contribution in [3.05, 3.63) is 68.7 Å². The van der Waals surface area contributed by atoms with Crippen LogP contribution >= 0.6 is 15.9 Å². The molecule has 2 aromatic carbocycles. The van der Waals surface area contributed by atoms with Crippen LogP contribution in [0, 0.1) is 10.1 Å². The predicted molar refractivity (Wildman–Crippen MR) is 115 cm³/mol. The van der Waals surface area contributed by atoms with E-state index in [0.29, 0.717) is 13.0 Å². The van der Waals surface area contributed by atoms with Crippen LogP contribution in [0.3, 0.4) is 0 Å². The van der Waals surface area contributed by atoms with Gasteiger partial charge in [-0.2, -0.15) is 4.31 Å². The van der Waals surface area contributed by atoms with Crippen molar-refractivity contribution >= 4 is 37.7 Å². The molecule has 0 spiro atoms. The molecule has 0 unspecified atom stereocenters. The molecular formula is C19H21BrN4O5S. The number of piperazine rings is 1. The van der Waals surface area contributed by atoms with E-state index in [1.165, 1.54) is 22.5 Å². The minimum Gasteiger partial charge on any atom is -0.338 e. The molecule has 1 heterocycles. The van der Waals surface area contributed by atoms with Gasteiger partial charge in [-0.3, -0.25) is 10.1 Å². The van der Waals surface area contributed by atoms with Crippen molar-refractivity contribution in [1.29, 1.82) is 0 Å². The van der Waals surface area contributed by atoms with E-state index >= 15 is 0 Å². The first-order chi connectivity index (χ1) is 14.3. The smallest absolute Gasteiger partial charge is 0.317 e. The normalized spacial score (nSPS) is 15.0. The molecule has 2 aromatic rings. The van der Waals surface area contributed by atoms with Crippen molar-refractivity contribution in [2.24, 2.45) is 0 Å². The van der Waals surface area contributed by atoms with Crippen LogP contribution < -0.4 is 5.32 Å². The lowest BCUT2D eigenvalue weighted by Crippen LogP contribution is -2.53. The zero-order chi connectivity index (χ0) is 21.7. The van der Waals surface area contributed by atoms with Gasteiger partial charge in [-0.1, -0.05) is 40.2 Å². The molecule has 160 valence electrons. The lowest BCUT2D eigenvalue weighted by Gasteiger charge is -2.34. The van der Waals surface area contributed by atoms with Gasteiger partial charge in [0.1, 0.15) is 0 Å². The van der Waals surface area contributed by atoms with E-state index in [2.05, 4.69) is 21.2 Å². The highest BCUT2D eigenvalue weighted by molar-refractivity contribution is 9.10. The van der Waals surface area contributed by atoms with Crippen LogP contribution in [0.25, 0.3) is 0 Å². The largest absolute Gasteiger partial charge is 0.338 e. The van der Waals surface area contributed by atoms with Crippen molar-refractivity contribution in [1.82, 2.24) is 14.5 Å². The maximum atomic E-state index is 12.8. The quantitative estimate of drug-likeness (QED) is 0.487. The van der Waals surface area contributed by atoms with Crippen LogP contribution in [-0.2, 0) is 16.4 Å². The summed E-state index contributed by atoms with van der Waals surface area (Å²) in [4.78, 5) is 24.1. The van der Waals surface area contributed by atoms with Gasteiger partial charge in [0.2, 0.25) is 10.0 Å². The molecule has 2 amide bonds. The minimum atomic E-state index is -3.86. The first-order valence-corrected chi connectivity index (χ1v) is 11.5. The molecule has 9 nitrogen and oxygen atoms in total. The molecule has 1 aliphatic heterocycles. The standard InChI is InChI=1S/C19H21BrN4O5S/c20-18-7-2-1-4-15(18)8-9-21-19(25)22-10-12-23(13-11-22)30(28,29)17-6-3-5-16(14-17)24(26)27/h1-7,14H,8-13H2,(H,21,25). The Morgan fingerprint density at radius 2 is 1.80 bits per heavy atom. The number of hydrogen-bond acceptors (Lipinski definition) is 5. The third-order valence-electron chi connectivity index (χ3n) is 4.82. The topological polar surface area (TPSA) is 113 Å². The molecule has 30 heavy (non-hydrogen) atoms. The Balaban J connectivity index is 1.53. The number of sulfonamides is 1. The van der Waals surface area contributed by atoms with Gasteiger partial charge in [0.25, 0.3) is 5.69 Å². The van der Waals surface area contributed by atoms with Crippen molar-refractivity contribution in [3.8, 4) is 0 Å². The second-order valence-corrected chi connectivity index (χ2v) is 9.51. The summed E-state index contributed by atoms with van der Waals surface area (Å²) >= 11 is 3.47. The van der Waals surface area contributed by atoms with E-state index in [0.717, 1.165) is 16.1 Å². The second kappa shape index (κ2) is 9.54. The first kappa shape index (κ1) is 22.2. The van der Waals surface area contributed by atoms with Crippen LogP contribution in [0.2, 0.25) is 0 Å². The van der Waals surface area contributed by atoms with Crippen LogP contribution in [0.15, 0.2) is 57.9 Å². The summed E-state index contributed by atoms with van der Waals surface area (Å²) in [5, 5.41) is 13.8. The van der Waals surface area contributed by atoms with E-state index < -0.39 is 14.9 Å². The third kappa shape index (κ3) is 5.15. The molecule has 1 saturated heterocycles. The zero-order valence-electron chi connectivity index (χ0n) is 16.0. The van der Waals surface area contributed by atoms with Gasteiger partial charge in [-0.05, 0) is 24.1 Å². The molecule has 3 rings (SSSR count). The van der Waals surface area contributed by atoms with Crippen LogP contribution in [0.4, 0.5) is 10.5 Å². The fourth-order valence-corrected chi connectivity index (χ4v) is 5.10. The number of halogens is 1. The Hall–Kier alpha value is -2.50. The van der Waals surface area contributed by atoms with Crippen molar-refractivity contribution < 1.29 is 18.1 Å². The number of nitro benzene ring substituents is 1. The molecule has 1 N–H and O–H groups in total. The molecule has 11 heteroatoms. The maximum Gasteiger partial charge on any atom is 0.317 e. The Kier molecular flexibility index (Phi) is 7.06. The van der Waals surface area contributed by atoms with E-state index in [4.69, 9.17) is 0 Å². The first-order valence-electron chi connectivity index (χ1n) is 9.30. The van der Waals surface area contributed by atoms with Gasteiger partial charge in [0, 0.05) is 49.3 Å². The van der Waals surface area contributed by atoms with E-state index in [1.807, 2.05) is 24.3 Å². The van der Waals surface area contributed by atoms with Gasteiger partial charge in [-0.25, -0.2) is 13.2 Å². The zero-order valence-corrected chi connectivity index (χ0v) is 18.4. The number of carbonyl (C=O) groups is 1. The fraction of sp³-hybridized carbons (Fsp3) is 0.316. The van der Waals surface area contributed by atoms with E-state index in [9.17, 15) is 23.3 Å².